The van der Waals surface area contributed by atoms with E-state index < -0.39 is 0 Å². The van der Waals surface area contributed by atoms with Gasteiger partial charge in [-0.1, -0.05) is 32.0 Å². The minimum Gasteiger partial charge on any atom is -0.507 e. The monoisotopic (exact) mass is 218 g/mol. The number of phenols is 1. The molecule has 0 saturated heterocycles. The third kappa shape index (κ3) is 4.30. The highest BCUT2D eigenvalue weighted by molar-refractivity contribution is 5.93. The summed E-state index contributed by atoms with van der Waals surface area (Å²) < 4.78 is 0. The molecule has 0 fully saturated rings. The van der Waals surface area contributed by atoms with Crippen LogP contribution in [-0.4, -0.2) is 10.9 Å². The lowest BCUT2D eigenvalue weighted by atomic mass is 10.1. The molecule has 0 aliphatic rings. The summed E-state index contributed by atoms with van der Waals surface area (Å²) in [4.78, 5) is 11.5. The van der Waals surface area contributed by atoms with E-state index in [2.05, 4.69) is 13.8 Å². The summed E-state index contributed by atoms with van der Waals surface area (Å²) >= 11 is 0. The summed E-state index contributed by atoms with van der Waals surface area (Å²) in [5, 5.41) is 9.48. The molecule has 2 nitrogen and oxygen atoms in total. The second-order valence-electron chi connectivity index (χ2n) is 4.29. The van der Waals surface area contributed by atoms with E-state index >= 15 is 0 Å². The minimum atomic E-state index is 0.108. The van der Waals surface area contributed by atoms with Crippen molar-refractivity contribution < 1.29 is 9.90 Å². The Morgan fingerprint density at radius 2 is 2.06 bits per heavy atom. The van der Waals surface area contributed by atoms with E-state index in [1.807, 2.05) is 6.07 Å². The second kappa shape index (κ2) is 6.11. The Hall–Kier alpha value is -1.57. The molecule has 1 aromatic rings. The van der Waals surface area contributed by atoms with E-state index in [0.717, 1.165) is 6.42 Å². The molecule has 2 heteroatoms. The van der Waals surface area contributed by atoms with Gasteiger partial charge in [-0.05, 0) is 30.6 Å². The van der Waals surface area contributed by atoms with Gasteiger partial charge < -0.3 is 5.11 Å². The van der Waals surface area contributed by atoms with Crippen molar-refractivity contribution in [3.8, 4) is 5.75 Å². The fourth-order valence-electron chi connectivity index (χ4n) is 1.33. The molecule has 1 rings (SSSR count). The minimum absolute atomic E-state index is 0.108. The molecule has 0 unspecified atom stereocenters. The number of allylic oxidation sites excluding steroid dienone is 1. The summed E-state index contributed by atoms with van der Waals surface area (Å²) in [6.07, 6.45) is 4.68. The van der Waals surface area contributed by atoms with Crippen LogP contribution in [0.2, 0.25) is 0 Å². The van der Waals surface area contributed by atoms with Gasteiger partial charge in [0.25, 0.3) is 0 Å². The van der Waals surface area contributed by atoms with Crippen LogP contribution in [0.4, 0.5) is 0 Å². The fraction of sp³-hybridized carbons (Fsp3) is 0.357. The van der Waals surface area contributed by atoms with E-state index in [1.54, 1.807) is 24.3 Å². The first-order valence-corrected chi connectivity index (χ1v) is 5.58. The number of benzene rings is 1. The van der Waals surface area contributed by atoms with Gasteiger partial charge in [-0.2, -0.15) is 0 Å². The Balaban J connectivity index is 2.54. The quantitative estimate of drug-likeness (QED) is 0.769. The molecule has 0 aliphatic carbocycles. The molecule has 0 amide bonds. The number of carbonyl (C=O) groups is 1. The number of hydrogen-bond acceptors (Lipinski definition) is 2. The molecule has 16 heavy (non-hydrogen) atoms. The van der Waals surface area contributed by atoms with E-state index in [0.29, 0.717) is 17.9 Å². The van der Waals surface area contributed by atoms with Gasteiger partial charge in [0.1, 0.15) is 5.75 Å². The zero-order chi connectivity index (χ0) is 12.0. The smallest absolute Gasteiger partial charge is 0.155 e. The van der Waals surface area contributed by atoms with Crippen LogP contribution in [0.25, 0.3) is 6.08 Å². The van der Waals surface area contributed by atoms with Gasteiger partial charge in [0.05, 0.1) is 0 Å². The maximum atomic E-state index is 11.5. The number of phenolic OH excluding ortho intramolecular Hbond substituents is 1. The Bertz CT molecular complexity index is 378. The van der Waals surface area contributed by atoms with E-state index in [9.17, 15) is 9.90 Å². The molecule has 86 valence electrons. The zero-order valence-electron chi connectivity index (χ0n) is 9.81. The second-order valence-corrected chi connectivity index (χ2v) is 4.29. The molecule has 0 heterocycles. The Labute approximate surface area is 96.6 Å². The van der Waals surface area contributed by atoms with Crippen molar-refractivity contribution >= 4 is 11.9 Å². The summed E-state index contributed by atoms with van der Waals surface area (Å²) in [7, 11) is 0. The molecular weight excluding hydrogens is 200 g/mol. The van der Waals surface area contributed by atoms with Crippen LogP contribution in [0.5, 0.6) is 5.75 Å². The average molecular weight is 218 g/mol. The van der Waals surface area contributed by atoms with E-state index in [1.165, 1.54) is 6.08 Å². The Morgan fingerprint density at radius 3 is 2.69 bits per heavy atom. The first-order chi connectivity index (χ1) is 7.59. The molecule has 1 N–H and O–H groups in total. The lowest BCUT2D eigenvalue weighted by molar-refractivity contribution is -0.114. The molecule has 0 saturated carbocycles. The van der Waals surface area contributed by atoms with Gasteiger partial charge in [-0.3, -0.25) is 4.79 Å². The summed E-state index contributed by atoms with van der Waals surface area (Å²) in [5.41, 5.74) is 0.681. The van der Waals surface area contributed by atoms with Crippen LogP contribution in [0.1, 0.15) is 32.3 Å². The number of hydrogen-bond donors (Lipinski definition) is 1. The van der Waals surface area contributed by atoms with E-state index in [4.69, 9.17) is 0 Å². The van der Waals surface area contributed by atoms with Crippen LogP contribution in [-0.2, 0) is 4.79 Å². The van der Waals surface area contributed by atoms with Gasteiger partial charge in [-0.25, -0.2) is 0 Å². The first-order valence-electron chi connectivity index (χ1n) is 5.58. The number of aromatic hydroxyl groups is 1. The Morgan fingerprint density at radius 1 is 1.38 bits per heavy atom. The summed E-state index contributed by atoms with van der Waals surface area (Å²) in [6, 6.07) is 6.98. The predicted octanol–water partition coefficient (Wildman–Crippen LogP) is 3.41. The van der Waals surface area contributed by atoms with Crippen molar-refractivity contribution in [1.29, 1.82) is 0 Å². The molecule has 0 atom stereocenters. The van der Waals surface area contributed by atoms with Gasteiger partial charge in [-0.15, -0.1) is 0 Å². The average Bonchev–Trinajstić information content (AvgIpc) is 2.25. The number of carbonyl (C=O) groups excluding carboxylic acids is 1. The normalized spacial score (nSPS) is 11.2. The van der Waals surface area contributed by atoms with Crippen molar-refractivity contribution in [1.82, 2.24) is 0 Å². The molecular formula is C14H18O2. The lowest BCUT2D eigenvalue weighted by Crippen LogP contribution is -1.96. The van der Waals surface area contributed by atoms with Crippen molar-refractivity contribution in [2.75, 3.05) is 0 Å². The SMILES string of the molecule is CC(C)CCC(=O)C=Cc1ccccc1O. The molecule has 1 aromatic carbocycles. The third-order valence-electron chi connectivity index (χ3n) is 2.35. The first kappa shape index (κ1) is 12.5. The highest BCUT2D eigenvalue weighted by Gasteiger charge is 2.00. The van der Waals surface area contributed by atoms with Gasteiger partial charge in [0, 0.05) is 12.0 Å². The van der Waals surface area contributed by atoms with Gasteiger partial charge >= 0.3 is 0 Å². The predicted molar refractivity (Wildman–Crippen MR) is 66.2 cm³/mol. The molecule has 0 radical (unpaired) electrons. The third-order valence-corrected chi connectivity index (χ3v) is 2.35. The molecule has 0 aliphatic heterocycles. The molecule has 0 bridgehead atoms. The van der Waals surface area contributed by atoms with Crippen LogP contribution in [0.3, 0.4) is 0 Å². The van der Waals surface area contributed by atoms with Crippen molar-refractivity contribution in [2.45, 2.75) is 26.7 Å². The molecule has 0 aromatic heterocycles. The van der Waals surface area contributed by atoms with Crippen molar-refractivity contribution in [3.63, 3.8) is 0 Å². The van der Waals surface area contributed by atoms with Crippen LogP contribution >= 0.6 is 0 Å². The Kier molecular flexibility index (Phi) is 4.77. The number of para-hydroxylation sites is 1. The zero-order valence-corrected chi connectivity index (χ0v) is 9.81. The fourth-order valence-corrected chi connectivity index (χ4v) is 1.33. The summed E-state index contributed by atoms with van der Waals surface area (Å²) in [5.74, 6) is 0.856. The highest BCUT2D eigenvalue weighted by Crippen LogP contribution is 2.17. The maximum Gasteiger partial charge on any atom is 0.155 e. The number of rotatable bonds is 5. The van der Waals surface area contributed by atoms with Gasteiger partial charge in [0.2, 0.25) is 0 Å². The highest BCUT2D eigenvalue weighted by atomic mass is 16.3. The topological polar surface area (TPSA) is 37.3 Å². The van der Waals surface area contributed by atoms with E-state index in [-0.39, 0.29) is 11.5 Å². The van der Waals surface area contributed by atoms with Crippen molar-refractivity contribution in [2.24, 2.45) is 5.92 Å². The summed E-state index contributed by atoms with van der Waals surface area (Å²) in [6.45, 7) is 4.19. The standard InChI is InChI=1S/C14H18O2/c1-11(2)7-9-13(15)10-8-12-5-3-4-6-14(12)16/h3-6,8,10-11,16H,7,9H2,1-2H3. The maximum absolute atomic E-state index is 11.5. The van der Waals surface area contributed by atoms with Crippen LogP contribution in [0, 0.1) is 5.92 Å². The number of ketones is 1. The van der Waals surface area contributed by atoms with Gasteiger partial charge in [0.15, 0.2) is 5.78 Å². The van der Waals surface area contributed by atoms with Crippen LogP contribution < -0.4 is 0 Å². The van der Waals surface area contributed by atoms with Crippen LogP contribution in [0.15, 0.2) is 30.3 Å². The lowest BCUT2D eigenvalue weighted by Gasteiger charge is -2.00. The molecule has 0 spiro atoms. The largest absolute Gasteiger partial charge is 0.507 e. The van der Waals surface area contributed by atoms with Crippen molar-refractivity contribution in [3.05, 3.63) is 35.9 Å².